The Morgan fingerprint density at radius 1 is 1.24 bits per heavy atom. The van der Waals surface area contributed by atoms with Crippen molar-refractivity contribution < 1.29 is 19.5 Å². The van der Waals surface area contributed by atoms with E-state index in [4.69, 9.17) is 0 Å². The minimum absolute atomic E-state index is 0.101. The van der Waals surface area contributed by atoms with Crippen molar-refractivity contribution in [1.82, 2.24) is 4.98 Å². The lowest BCUT2D eigenvalue weighted by atomic mass is 9.79. The van der Waals surface area contributed by atoms with Crippen LogP contribution in [0.1, 0.15) is 48.0 Å². The van der Waals surface area contributed by atoms with Crippen LogP contribution < -0.4 is 10.4 Å². The molecule has 7 heteroatoms. The lowest BCUT2D eigenvalue weighted by molar-refractivity contribution is -0.313. The van der Waals surface area contributed by atoms with Crippen LogP contribution in [0.25, 0.3) is 0 Å². The predicted molar refractivity (Wildman–Crippen MR) is 75.9 cm³/mol. The molecule has 2 atom stereocenters. The van der Waals surface area contributed by atoms with E-state index >= 15 is 0 Å². The first kappa shape index (κ1) is 15.6. The molecule has 114 valence electrons. The minimum Gasteiger partial charge on any atom is -0.550 e. The molecule has 0 saturated heterocycles. The summed E-state index contributed by atoms with van der Waals surface area (Å²) >= 11 is 1.11. The molecule has 21 heavy (non-hydrogen) atoms. The third-order valence-corrected chi connectivity index (χ3v) is 4.93. The van der Waals surface area contributed by atoms with E-state index in [1.165, 1.54) is 6.92 Å². The smallest absolute Gasteiger partial charge is 0.229 e. The maximum absolute atomic E-state index is 12.3. The van der Waals surface area contributed by atoms with Gasteiger partial charge in [-0.05, 0) is 19.8 Å². The van der Waals surface area contributed by atoms with Crippen molar-refractivity contribution in [3.63, 3.8) is 0 Å². The van der Waals surface area contributed by atoms with Crippen LogP contribution in [0.3, 0.4) is 0 Å². The number of carbonyl (C=O) groups excluding carboxylic acids is 3. The summed E-state index contributed by atoms with van der Waals surface area (Å²) < 4.78 is 0. The Morgan fingerprint density at radius 3 is 2.38 bits per heavy atom. The van der Waals surface area contributed by atoms with Gasteiger partial charge in [-0.25, -0.2) is 4.98 Å². The number of amides is 1. The lowest BCUT2D eigenvalue weighted by Crippen LogP contribution is -2.42. The zero-order valence-corrected chi connectivity index (χ0v) is 12.8. The third-order valence-electron chi connectivity index (χ3n) is 3.75. The van der Waals surface area contributed by atoms with E-state index in [2.05, 4.69) is 10.3 Å². The molecule has 1 saturated carbocycles. The molecule has 0 aromatic carbocycles. The number of aliphatic carboxylic acids is 1. The Labute approximate surface area is 126 Å². The average Bonchev–Trinajstić information content (AvgIpc) is 2.79. The van der Waals surface area contributed by atoms with Crippen LogP contribution in [0.15, 0.2) is 0 Å². The number of aromatic nitrogens is 1. The molecule has 1 amide bonds. The highest BCUT2D eigenvalue weighted by molar-refractivity contribution is 7.17. The summed E-state index contributed by atoms with van der Waals surface area (Å²) in [6, 6.07) is 0. The first-order valence-corrected chi connectivity index (χ1v) is 7.72. The van der Waals surface area contributed by atoms with Crippen molar-refractivity contribution >= 4 is 34.1 Å². The van der Waals surface area contributed by atoms with E-state index in [9.17, 15) is 19.5 Å². The molecule has 1 aromatic rings. The van der Waals surface area contributed by atoms with Crippen LogP contribution in [-0.2, 0) is 9.59 Å². The maximum Gasteiger partial charge on any atom is 0.229 e. The van der Waals surface area contributed by atoms with Gasteiger partial charge in [0.15, 0.2) is 10.9 Å². The molecule has 6 nitrogen and oxygen atoms in total. The molecule has 1 aliphatic carbocycles. The highest BCUT2D eigenvalue weighted by Gasteiger charge is 2.32. The number of hydrogen-bond donors (Lipinski definition) is 1. The fourth-order valence-corrected chi connectivity index (χ4v) is 3.57. The second-order valence-electron chi connectivity index (χ2n) is 5.30. The highest BCUT2D eigenvalue weighted by atomic mass is 32.1. The fourth-order valence-electron chi connectivity index (χ4n) is 2.70. The van der Waals surface area contributed by atoms with Crippen LogP contribution in [0, 0.1) is 18.8 Å². The number of anilines is 1. The Kier molecular flexibility index (Phi) is 4.72. The SMILES string of the molecule is CC(=O)c1sc(NC(=O)C2CCCCC2C(=O)[O-])nc1C. The molecule has 1 fully saturated rings. The van der Waals surface area contributed by atoms with Crippen molar-refractivity contribution in [2.75, 3.05) is 5.32 Å². The number of nitrogens with zero attached hydrogens (tertiary/aromatic N) is 1. The fraction of sp³-hybridized carbons (Fsp3) is 0.571. The summed E-state index contributed by atoms with van der Waals surface area (Å²) in [5.41, 5.74) is 0.572. The largest absolute Gasteiger partial charge is 0.550 e. The molecule has 0 bridgehead atoms. The van der Waals surface area contributed by atoms with Crippen LogP contribution >= 0.6 is 11.3 Å². The van der Waals surface area contributed by atoms with Crippen molar-refractivity contribution in [2.24, 2.45) is 11.8 Å². The van der Waals surface area contributed by atoms with Gasteiger partial charge < -0.3 is 15.2 Å². The average molecular weight is 309 g/mol. The third kappa shape index (κ3) is 3.47. The van der Waals surface area contributed by atoms with Gasteiger partial charge in [-0.15, -0.1) is 0 Å². The van der Waals surface area contributed by atoms with Gasteiger partial charge in [-0.3, -0.25) is 9.59 Å². The van der Waals surface area contributed by atoms with Gasteiger partial charge in [0.05, 0.1) is 10.6 Å². The Hall–Kier alpha value is -1.76. The van der Waals surface area contributed by atoms with E-state index in [0.717, 1.165) is 24.2 Å². The minimum atomic E-state index is -1.17. The second-order valence-corrected chi connectivity index (χ2v) is 6.29. The number of Topliss-reactive ketones (excluding diaryl/α,β-unsaturated/α-hetero) is 1. The summed E-state index contributed by atoms with van der Waals surface area (Å²) in [5.74, 6) is -2.96. The maximum atomic E-state index is 12.3. The number of ketones is 1. The van der Waals surface area contributed by atoms with Crippen molar-refractivity contribution in [3.8, 4) is 0 Å². The lowest BCUT2D eigenvalue weighted by Gasteiger charge is -2.30. The number of carboxylic acids is 1. The molecule has 1 N–H and O–H groups in total. The molecule has 0 radical (unpaired) electrons. The van der Waals surface area contributed by atoms with Crippen LogP contribution in [0.5, 0.6) is 0 Å². The van der Waals surface area contributed by atoms with Gasteiger partial charge in [0, 0.05) is 24.7 Å². The number of aryl methyl sites for hydroxylation is 1. The molecular formula is C14H17N2O4S-. The summed E-state index contributed by atoms with van der Waals surface area (Å²) in [6.45, 7) is 3.15. The standard InChI is InChI=1S/C14H18N2O4S/c1-7-11(8(2)17)21-14(15-7)16-12(18)9-5-3-4-6-10(9)13(19)20/h9-10H,3-6H2,1-2H3,(H,19,20)(H,15,16,18)/p-1. The van der Waals surface area contributed by atoms with Crippen LogP contribution in [0.2, 0.25) is 0 Å². The Balaban J connectivity index is 2.11. The van der Waals surface area contributed by atoms with Gasteiger partial charge in [0.2, 0.25) is 5.91 Å². The van der Waals surface area contributed by atoms with Crippen molar-refractivity contribution in [1.29, 1.82) is 0 Å². The summed E-state index contributed by atoms with van der Waals surface area (Å²) in [4.78, 5) is 39.4. The topological polar surface area (TPSA) is 99.2 Å². The molecule has 2 unspecified atom stereocenters. The van der Waals surface area contributed by atoms with Gasteiger partial charge in [-0.1, -0.05) is 24.2 Å². The van der Waals surface area contributed by atoms with Gasteiger partial charge >= 0.3 is 0 Å². The number of rotatable bonds is 4. The van der Waals surface area contributed by atoms with Crippen molar-refractivity contribution in [3.05, 3.63) is 10.6 Å². The van der Waals surface area contributed by atoms with Gasteiger partial charge in [0.1, 0.15) is 0 Å². The molecule has 1 aliphatic rings. The Bertz CT molecular complexity index is 582. The molecular weight excluding hydrogens is 292 g/mol. The highest BCUT2D eigenvalue weighted by Crippen LogP contribution is 2.31. The van der Waals surface area contributed by atoms with Crippen LogP contribution in [-0.4, -0.2) is 22.6 Å². The molecule has 0 spiro atoms. The van der Waals surface area contributed by atoms with E-state index < -0.39 is 17.8 Å². The number of carboxylic acid groups (broad SMARTS) is 1. The summed E-state index contributed by atoms with van der Waals surface area (Å²) in [7, 11) is 0. The quantitative estimate of drug-likeness (QED) is 0.841. The second kappa shape index (κ2) is 6.34. The molecule has 2 rings (SSSR count). The van der Waals surface area contributed by atoms with E-state index in [1.54, 1.807) is 6.92 Å². The first-order chi connectivity index (χ1) is 9.90. The predicted octanol–water partition coefficient (Wildman–Crippen LogP) is 1.15. The Morgan fingerprint density at radius 2 is 1.86 bits per heavy atom. The summed E-state index contributed by atoms with van der Waals surface area (Å²) in [5, 5.41) is 14.1. The van der Waals surface area contributed by atoms with E-state index in [-0.39, 0.29) is 11.7 Å². The number of nitrogens with one attached hydrogen (secondary N) is 1. The van der Waals surface area contributed by atoms with Crippen LogP contribution in [0.4, 0.5) is 5.13 Å². The zero-order chi connectivity index (χ0) is 15.6. The zero-order valence-electron chi connectivity index (χ0n) is 12.0. The summed E-state index contributed by atoms with van der Waals surface area (Å²) in [6.07, 6.45) is 2.63. The number of thiazole rings is 1. The number of carbonyl (C=O) groups is 3. The normalized spacial score (nSPS) is 21.8. The molecule has 0 aliphatic heterocycles. The van der Waals surface area contributed by atoms with Crippen molar-refractivity contribution in [2.45, 2.75) is 39.5 Å². The van der Waals surface area contributed by atoms with Gasteiger partial charge in [0.25, 0.3) is 0 Å². The van der Waals surface area contributed by atoms with E-state index in [1.807, 2.05) is 0 Å². The first-order valence-electron chi connectivity index (χ1n) is 6.90. The molecule has 1 heterocycles. The van der Waals surface area contributed by atoms with E-state index in [0.29, 0.717) is 28.5 Å². The monoisotopic (exact) mass is 309 g/mol. The molecule has 1 aromatic heterocycles. The van der Waals surface area contributed by atoms with Gasteiger partial charge in [-0.2, -0.15) is 0 Å². The number of hydrogen-bond acceptors (Lipinski definition) is 6.